The molecule has 1 aliphatic rings. The van der Waals surface area contributed by atoms with E-state index in [9.17, 15) is 0 Å². The van der Waals surface area contributed by atoms with E-state index >= 15 is 0 Å². The molecule has 1 heterocycles. The van der Waals surface area contributed by atoms with Crippen LogP contribution in [0, 0.1) is 6.92 Å². The molecule has 0 spiro atoms. The zero-order valence-corrected chi connectivity index (χ0v) is 10.2. The van der Waals surface area contributed by atoms with Crippen LogP contribution in [-0.4, -0.2) is 35.6 Å². The molecule has 88 valence electrons. The third-order valence-corrected chi connectivity index (χ3v) is 3.09. The summed E-state index contributed by atoms with van der Waals surface area (Å²) in [6, 6.07) is 4.99. The van der Waals surface area contributed by atoms with Gasteiger partial charge in [0.1, 0.15) is 5.82 Å². The summed E-state index contributed by atoms with van der Waals surface area (Å²) in [6.45, 7) is 7.57. The summed E-state index contributed by atoms with van der Waals surface area (Å²) in [4.78, 5) is 6.87. The van der Waals surface area contributed by atoms with Gasteiger partial charge in [0.05, 0.1) is 0 Å². The van der Waals surface area contributed by atoms with Crippen molar-refractivity contribution in [3.05, 3.63) is 23.9 Å². The van der Waals surface area contributed by atoms with Gasteiger partial charge in [-0.05, 0) is 37.9 Å². The molecule has 1 fully saturated rings. The number of aryl methyl sites for hydroxylation is 1. The maximum absolute atomic E-state index is 4.33. The quantitative estimate of drug-likeness (QED) is 0.795. The highest BCUT2D eigenvalue weighted by Gasteiger charge is 2.26. The minimum Gasteiger partial charge on any atom is -0.369 e. The fraction of sp³-hybridized carbons (Fsp3) is 0.615. The van der Waals surface area contributed by atoms with Crippen molar-refractivity contribution in [1.29, 1.82) is 0 Å². The minimum absolute atomic E-state index is 0.859. The third kappa shape index (κ3) is 3.20. The molecule has 1 saturated carbocycles. The first-order valence-electron chi connectivity index (χ1n) is 6.20. The van der Waals surface area contributed by atoms with Crippen LogP contribution in [0.2, 0.25) is 0 Å². The highest BCUT2D eigenvalue weighted by atomic mass is 15.2. The van der Waals surface area contributed by atoms with Crippen molar-refractivity contribution < 1.29 is 0 Å². The molecular weight excluding hydrogens is 198 g/mol. The summed E-state index contributed by atoms with van der Waals surface area (Å²) in [5.74, 6) is 0.984. The van der Waals surface area contributed by atoms with E-state index in [-0.39, 0.29) is 0 Å². The van der Waals surface area contributed by atoms with Crippen molar-refractivity contribution in [3.63, 3.8) is 0 Å². The van der Waals surface area contributed by atoms with Gasteiger partial charge < -0.3 is 5.32 Å². The first-order valence-corrected chi connectivity index (χ1v) is 6.20. The lowest BCUT2D eigenvalue weighted by molar-refractivity contribution is 0.289. The number of rotatable bonds is 6. The van der Waals surface area contributed by atoms with E-state index in [1.807, 2.05) is 12.3 Å². The number of pyridine rings is 1. The molecule has 2 rings (SSSR count). The standard InChI is InChI=1S/C13H21N3/c1-3-16(12-5-6-12)9-8-14-13-7-4-11(2)10-15-13/h4,7,10,12H,3,5-6,8-9H2,1-2H3,(H,14,15). The van der Waals surface area contributed by atoms with Crippen LogP contribution in [-0.2, 0) is 0 Å². The van der Waals surface area contributed by atoms with E-state index in [1.165, 1.54) is 18.4 Å². The zero-order valence-electron chi connectivity index (χ0n) is 10.2. The lowest BCUT2D eigenvalue weighted by Gasteiger charge is -2.19. The van der Waals surface area contributed by atoms with Crippen LogP contribution in [0.25, 0.3) is 0 Å². The van der Waals surface area contributed by atoms with Crippen molar-refractivity contribution in [2.75, 3.05) is 25.0 Å². The Bertz CT molecular complexity index is 316. The monoisotopic (exact) mass is 219 g/mol. The molecule has 0 amide bonds. The number of nitrogens with one attached hydrogen (secondary N) is 1. The van der Waals surface area contributed by atoms with E-state index < -0.39 is 0 Å². The fourth-order valence-corrected chi connectivity index (χ4v) is 1.94. The molecule has 0 unspecified atom stereocenters. The summed E-state index contributed by atoms with van der Waals surface area (Å²) in [6.07, 6.45) is 4.67. The molecule has 1 aromatic heterocycles. The van der Waals surface area contributed by atoms with E-state index in [0.29, 0.717) is 0 Å². The van der Waals surface area contributed by atoms with Crippen LogP contribution in [0.15, 0.2) is 18.3 Å². The highest BCUT2D eigenvalue weighted by molar-refractivity contribution is 5.35. The van der Waals surface area contributed by atoms with Gasteiger partial charge in [0.2, 0.25) is 0 Å². The van der Waals surface area contributed by atoms with Gasteiger partial charge in [-0.1, -0.05) is 13.0 Å². The summed E-state index contributed by atoms with van der Waals surface area (Å²) in [5, 5.41) is 3.37. The van der Waals surface area contributed by atoms with Gasteiger partial charge in [-0.15, -0.1) is 0 Å². The Morgan fingerprint density at radius 2 is 2.25 bits per heavy atom. The predicted octanol–water partition coefficient (Wildman–Crippen LogP) is 2.29. The summed E-state index contributed by atoms with van der Waals surface area (Å²) in [5.41, 5.74) is 1.21. The molecule has 1 N–H and O–H groups in total. The van der Waals surface area contributed by atoms with E-state index in [4.69, 9.17) is 0 Å². The minimum atomic E-state index is 0.859. The molecule has 1 aliphatic carbocycles. The Morgan fingerprint density at radius 3 is 2.81 bits per heavy atom. The molecule has 0 aliphatic heterocycles. The predicted molar refractivity (Wildman–Crippen MR) is 67.7 cm³/mol. The maximum Gasteiger partial charge on any atom is 0.125 e. The Labute approximate surface area is 97.9 Å². The smallest absolute Gasteiger partial charge is 0.125 e. The number of nitrogens with zero attached hydrogens (tertiary/aromatic N) is 2. The molecular formula is C13H21N3. The van der Waals surface area contributed by atoms with Crippen molar-refractivity contribution in [3.8, 4) is 0 Å². The van der Waals surface area contributed by atoms with Crippen LogP contribution in [0.3, 0.4) is 0 Å². The largest absolute Gasteiger partial charge is 0.369 e. The average molecular weight is 219 g/mol. The third-order valence-electron chi connectivity index (χ3n) is 3.09. The molecule has 0 radical (unpaired) electrons. The van der Waals surface area contributed by atoms with Crippen molar-refractivity contribution in [2.24, 2.45) is 0 Å². The number of hydrogen-bond donors (Lipinski definition) is 1. The van der Waals surface area contributed by atoms with Crippen LogP contribution < -0.4 is 5.32 Å². The Balaban J connectivity index is 1.72. The number of anilines is 1. The summed E-state index contributed by atoms with van der Waals surface area (Å²) >= 11 is 0. The van der Waals surface area contributed by atoms with E-state index in [2.05, 4.69) is 35.1 Å². The molecule has 0 aromatic carbocycles. The lowest BCUT2D eigenvalue weighted by Crippen LogP contribution is -2.31. The van der Waals surface area contributed by atoms with E-state index in [0.717, 1.165) is 31.5 Å². The zero-order chi connectivity index (χ0) is 11.4. The van der Waals surface area contributed by atoms with E-state index in [1.54, 1.807) is 0 Å². The van der Waals surface area contributed by atoms with Crippen LogP contribution in [0.5, 0.6) is 0 Å². The fourth-order valence-electron chi connectivity index (χ4n) is 1.94. The Morgan fingerprint density at radius 1 is 1.44 bits per heavy atom. The second-order valence-electron chi connectivity index (χ2n) is 4.51. The normalized spacial score (nSPS) is 15.4. The molecule has 1 aromatic rings. The Kier molecular flexibility index (Phi) is 3.78. The van der Waals surface area contributed by atoms with Gasteiger partial charge in [-0.2, -0.15) is 0 Å². The Hall–Kier alpha value is -1.09. The maximum atomic E-state index is 4.33. The van der Waals surface area contributed by atoms with Crippen molar-refractivity contribution >= 4 is 5.82 Å². The van der Waals surface area contributed by atoms with Gasteiger partial charge in [-0.25, -0.2) is 4.98 Å². The van der Waals surface area contributed by atoms with Gasteiger partial charge in [0.25, 0.3) is 0 Å². The van der Waals surface area contributed by atoms with Crippen LogP contribution >= 0.6 is 0 Å². The summed E-state index contributed by atoms with van der Waals surface area (Å²) < 4.78 is 0. The van der Waals surface area contributed by atoms with Crippen molar-refractivity contribution in [1.82, 2.24) is 9.88 Å². The van der Waals surface area contributed by atoms with Gasteiger partial charge in [0.15, 0.2) is 0 Å². The molecule has 0 bridgehead atoms. The molecule has 16 heavy (non-hydrogen) atoms. The SMILES string of the molecule is CCN(CCNc1ccc(C)cn1)C1CC1. The molecule has 0 atom stereocenters. The van der Waals surface area contributed by atoms with Gasteiger partial charge in [-0.3, -0.25) is 4.90 Å². The first kappa shape index (κ1) is 11.4. The van der Waals surface area contributed by atoms with Crippen LogP contribution in [0.4, 0.5) is 5.82 Å². The molecule has 3 heteroatoms. The van der Waals surface area contributed by atoms with Crippen molar-refractivity contribution in [2.45, 2.75) is 32.7 Å². The van der Waals surface area contributed by atoms with Crippen LogP contribution in [0.1, 0.15) is 25.3 Å². The average Bonchev–Trinajstić information content (AvgIpc) is 3.11. The van der Waals surface area contributed by atoms with Gasteiger partial charge >= 0.3 is 0 Å². The highest BCUT2D eigenvalue weighted by Crippen LogP contribution is 2.25. The summed E-state index contributed by atoms with van der Waals surface area (Å²) in [7, 11) is 0. The molecule has 0 saturated heterocycles. The second-order valence-corrected chi connectivity index (χ2v) is 4.51. The number of likely N-dealkylation sites (N-methyl/N-ethyl adjacent to an activating group) is 1. The van der Waals surface area contributed by atoms with Gasteiger partial charge in [0, 0.05) is 25.3 Å². The number of hydrogen-bond acceptors (Lipinski definition) is 3. The first-order chi connectivity index (χ1) is 7.79. The molecule has 3 nitrogen and oxygen atoms in total. The topological polar surface area (TPSA) is 28.2 Å². The number of aromatic nitrogens is 1. The second kappa shape index (κ2) is 5.30. The lowest BCUT2D eigenvalue weighted by atomic mass is 10.3.